The molecule has 0 spiro atoms. The molecular weight excluding hydrogens is 595 g/mol. The third-order valence-electron chi connectivity index (χ3n) is 6.85. The second kappa shape index (κ2) is 14.3. The van der Waals surface area contributed by atoms with Gasteiger partial charge in [-0.25, -0.2) is 6.07 Å². The van der Waals surface area contributed by atoms with Crippen molar-refractivity contribution in [3.8, 4) is 11.1 Å². The zero-order valence-corrected chi connectivity index (χ0v) is 30.9. The van der Waals surface area contributed by atoms with Gasteiger partial charge in [0.05, 0.1) is 0 Å². The fourth-order valence-corrected chi connectivity index (χ4v) is 5.05. The molecule has 0 radical (unpaired) electrons. The quantitative estimate of drug-likeness (QED) is 0.254. The number of halogens is 2. The van der Waals surface area contributed by atoms with Gasteiger partial charge in [-0.15, -0.1) is 16.7 Å². The van der Waals surface area contributed by atoms with Gasteiger partial charge >= 0.3 is 41.3 Å². The molecule has 0 amide bonds. The predicted molar refractivity (Wildman–Crippen MR) is 162 cm³/mol. The number of benzene rings is 2. The third-order valence-corrected chi connectivity index (χ3v) is 6.85. The van der Waals surface area contributed by atoms with Gasteiger partial charge in [0.2, 0.25) is 0 Å². The molecule has 0 aromatic heterocycles. The number of hydrogen-bond donors (Lipinski definition) is 0. The van der Waals surface area contributed by atoms with Crippen LogP contribution in [0.4, 0.5) is 0 Å². The van der Waals surface area contributed by atoms with E-state index < -0.39 is 0 Å². The molecule has 214 valence electrons. The average molecular weight is 645 g/mol. The molecule has 1 aliphatic rings. The maximum atomic E-state index is 3.69. The van der Waals surface area contributed by atoms with E-state index in [0.717, 1.165) is 6.42 Å². The van der Waals surface area contributed by atoms with Crippen LogP contribution in [0, 0.1) is 26.8 Å². The minimum Gasteiger partial charge on any atom is -1.00 e. The second-order valence-corrected chi connectivity index (χ2v) is 16.6. The van der Waals surface area contributed by atoms with E-state index in [4.69, 9.17) is 0 Å². The molecular formula is C36H50Cl2Zr-2. The predicted octanol–water partition coefficient (Wildman–Crippen LogP) is 4.03. The number of aryl methyl sites for hydroxylation is 3. The molecule has 4 rings (SSSR count). The zero-order chi connectivity index (χ0) is 28.5. The van der Waals surface area contributed by atoms with E-state index in [0.29, 0.717) is 5.41 Å². The van der Waals surface area contributed by atoms with Gasteiger partial charge in [-0.1, -0.05) is 105 Å². The van der Waals surface area contributed by atoms with Crippen LogP contribution in [0.1, 0.15) is 121 Å². The van der Waals surface area contributed by atoms with Crippen molar-refractivity contribution in [2.24, 2.45) is 0 Å². The standard InChI is InChI=1S/C23H29.C10H15.C3H6.2ClH.Zr/c1-14-9-16-11-17-10-15(2)21(23(6,7)8)13-19(17)18(16)12-20(14)22(3,4)5;1-8-5-6-9(7-8)10(2,3)4;1-3-2;;;/h9,12-13H,11H2,1-8H3;5-7H,1-4H3;1-2H3;2*1H;/q2*-1;;;;+2/p-2. The summed E-state index contributed by atoms with van der Waals surface area (Å²) in [5, 5.41) is 0. The monoisotopic (exact) mass is 642 g/mol. The van der Waals surface area contributed by atoms with Crippen LogP contribution in [0.15, 0.2) is 36.4 Å². The van der Waals surface area contributed by atoms with E-state index in [9.17, 15) is 0 Å². The van der Waals surface area contributed by atoms with E-state index in [1.807, 2.05) is 0 Å². The Labute approximate surface area is 268 Å². The molecule has 0 heterocycles. The average Bonchev–Trinajstić information content (AvgIpc) is 3.27. The van der Waals surface area contributed by atoms with E-state index in [-0.39, 0.29) is 35.6 Å². The van der Waals surface area contributed by atoms with Gasteiger partial charge in [0.25, 0.3) is 0 Å². The summed E-state index contributed by atoms with van der Waals surface area (Å²) in [6.07, 6.45) is 1.03. The minimum atomic E-state index is 0. The molecule has 3 heteroatoms. The van der Waals surface area contributed by atoms with E-state index in [2.05, 4.69) is 139 Å². The molecule has 3 aromatic rings. The molecule has 0 nitrogen and oxygen atoms in total. The molecule has 0 unspecified atom stereocenters. The maximum Gasteiger partial charge on any atom is -0.0129 e. The molecule has 0 saturated carbocycles. The second-order valence-electron chi connectivity index (χ2n) is 14.1. The van der Waals surface area contributed by atoms with E-state index in [1.54, 1.807) is 24.2 Å². The van der Waals surface area contributed by atoms with Crippen LogP contribution in [0.2, 0.25) is 0 Å². The van der Waals surface area contributed by atoms with E-state index >= 15 is 0 Å². The Hall–Kier alpha value is -0.877. The Morgan fingerprint density at radius 2 is 1.23 bits per heavy atom. The van der Waals surface area contributed by atoms with Crippen molar-refractivity contribution in [2.75, 3.05) is 0 Å². The third kappa shape index (κ3) is 10.5. The summed E-state index contributed by atoms with van der Waals surface area (Å²) in [4.78, 5) is 0. The summed E-state index contributed by atoms with van der Waals surface area (Å²) in [6.45, 7) is 31.3. The van der Waals surface area contributed by atoms with Crippen molar-refractivity contribution < 1.29 is 49.0 Å². The Bertz CT molecular complexity index is 1180. The zero-order valence-electron chi connectivity index (χ0n) is 26.9. The first-order chi connectivity index (χ1) is 16.7. The molecule has 0 bridgehead atoms. The molecule has 3 aromatic carbocycles. The van der Waals surface area contributed by atoms with Gasteiger partial charge in [0.15, 0.2) is 0 Å². The summed E-state index contributed by atoms with van der Waals surface area (Å²) < 4.78 is 1.51. The first-order valence-electron chi connectivity index (χ1n) is 13.7. The first-order valence-corrected chi connectivity index (χ1v) is 14.9. The molecule has 0 atom stereocenters. The molecule has 0 saturated heterocycles. The summed E-state index contributed by atoms with van der Waals surface area (Å²) >= 11 is 1.55. The maximum absolute atomic E-state index is 3.69. The normalized spacial score (nSPS) is 12.0. The van der Waals surface area contributed by atoms with Crippen LogP contribution in [0.5, 0.6) is 0 Å². The van der Waals surface area contributed by atoms with E-state index in [1.165, 1.54) is 58.8 Å². The largest absolute Gasteiger partial charge is 1.00 e. The molecule has 39 heavy (non-hydrogen) atoms. The van der Waals surface area contributed by atoms with Crippen molar-refractivity contribution in [1.82, 2.24) is 0 Å². The summed E-state index contributed by atoms with van der Waals surface area (Å²) in [7, 11) is 0. The van der Waals surface area contributed by atoms with Gasteiger partial charge in [-0.3, -0.25) is 0 Å². The fraction of sp³-hybridized carbons (Fsp3) is 0.500. The first kappa shape index (κ1) is 38.1. The van der Waals surface area contributed by atoms with Gasteiger partial charge in [-0.2, -0.15) is 41.0 Å². The van der Waals surface area contributed by atoms with Crippen molar-refractivity contribution in [2.45, 2.75) is 120 Å². The summed E-state index contributed by atoms with van der Waals surface area (Å²) in [5.41, 5.74) is 14.7. The van der Waals surface area contributed by atoms with Crippen LogP contribution < -0.4 is 24.8 Å². The minimum absolute atomic E-state index is 0. The van der Waals surface area contributed by atoms with Crippen molar-refractivity contribution in [3.63, 3.8) is 0 Å². The Kier molecular flexibility index (Phi) is 14.0. The van der Waals surface area contributed by atoms with Crippen LogP contribution in [0.3, 0.4) is 0 Å². The Balaban J connectivity index is 0.000000757. The Morgan fingerprint density at radius 1 is 0.744 bits per heavy atom. The number of fused-ring (bicyclic) bond motifs is 3. The van der Waals surface area contributed by atoms with Crippen LogP contribution in [0.25, 0.3) is 11.1 Å². The van der Waals surface area contributed by atoms with Crippen LogP contribution in [-0.2, 0) is 46.9 Å². The number of hydrogen-bond acceptors (Lipinski definition) is 0. The van der Waals surface area contributed by atoms with Crippen LogP contribution >= 0.6 is 0 Å². The number of rotatable bonds is 0. The SMILES string of the molecule is C[C](C)=[Zr+2].Cc1[c-]c2c(cc1C(C)(C)C)-c1cc(C(C)(C)C)c(C)cc1C2.Cc1cc(C(C)(C)C)c[cH-]1.[Cl-].[Cl-]. The topological polar surface area (TPSA) is 0 Å². The molecule has 0 N–H and O–H groups in total. The molecule has 0 aliphatic heterocycles. The van der Waals surface area contributed by atoms with Crippen molar-refractivity contribution in [3.05, 3.63) is 87.0 Å². The van der Waals surface area contributed by atoms with Crippen molar-refractivity contribution in [1.29, 1.82) is 0 Å². The smallest absolute Gasteiger partial charge is 0.0129 e. The van der Waals surface area contributed by atoms with Crippen LogP contribution in [-0.4, -0.2) is 3.21 Å². The van der Waals surface area contributed by atoms with Gasteiger partial charge < -0.3 is 24.8 Å². The molecule has 0 fully saturated rings. The van der Waals surface area contributed by atoms with Gasteiger partial charge in [0.1, 0.15) is 0 Å². The summed E-state index contributed by atoms with van der Waals surface area (Å²) in [5.74, 6) is 0. The van der Waals surface area contributed by atoms with Crippen molar-refractivity contribution >= 4 is 3.21 Å². The summed E-state index contributed by atoms with van der Waals surface area (Å²) in [6, 6.07) is 17.6. The fourth-order valence-electron chi connectivity index (χ4n) is 5.05. The Morgan fingerprint density at radius 3 is 1.62 bits per heavy atom. The van der Waals surface area contributed by atoms with Gasteiger partial charge in [-0.05, 0) is 35.4 Å². The van der Waals surface area contributed by atoms with Gasteiger partial charge in [0, 0.05) is 0 Å². The molecule has 1 aliphatic carbocycles.